The number of esters is 1. The molecule has 2 N–H and O–H groups in total. The number of alkyl halides is 2. The Labute approximate surface area is 158 Å². The normalized spacial score (nSPS) is 23.7. The number of ether oxygens (including phenoxy) is 1. The maximum atomic E-state index is 14.6. The molecule has 0 aromatic heterocycles. The number of aliphatic hydroxyl groups is 1. The monoisotopic (exact) mass is 394 g/mol. The van der Waals surface area contributed by atoms with E-state index in [0.29, 0.717) is 11.8 Å². The molecule has 0 saturated carbocycles. The van der Waals surface area contributed by atoms with Crippen molar-refractivity contribution < 1.29 is 33.3 Å². The highest BCUT2D eigenvalue weighted by atomic mass is 32.2. The third-order valence-electron chi connectivity index (χ3n) is 4.33. The summed E-state index contributed by atoms with van der Waals surface area (Å²) in [4.78, 5) is 23.5. The molecule has 0 spiro atoms. The van der Waals surface area contributed by atoms with Crippen LogP contribution in [0.1, 0.15) is 32.2 Å². The summed E-state index contributed by atoms with van der Waals surface area (Å²) in [5, 5.41) is 18.1. The predicted octanol–water partition coefficient (Wildman–Crippen LogP) is 3.39. The Morgan fingerprint density at radius 2 is 1.70 bits per heavy atom. The van der Waals surface area contributed by atoms with Crippen LogP contribution in [0, 0.1) is 0 Å². The van der Waals surface area contributed by atoms with Crippen molar-refractivity contribution in [3.05, 3.63) is 71.3 Å². The van der Waals surface area contributed by atoms with E-state index in [1.54, 1.807) is 18.2 Å². The number of hydrogen-bond acceptors (Lipinski definition) is 5. The number of halogens is 2. The highest BCUT2D eigenvalue weighted by Crippen LogP contribution is 2.54. The zero-order valence-corrected chi connectivity index (χ0v) is 14.7. The second-order valence-electron chi connectivity index (χ2n) is 6.04. The van der Waals surface area contributed by atoms with E-state index in [-0.39, 0.29) is 23.3 Å². The van der Waals surface area contributed by atoms with Gasteiger partial charge in [-0.15, -0.1) is 11.8 Å². The van der Waals surface area contributed by atoms with Crippen LogP contribution in [0.3, 0.4) is 0 Å². The number of hydrogen-bond donors (Lipinski definition) is 2. The van der Waals surface area contributed by atoms with Gasteiger partial charge < -0.3 is 14.9 Å². The summed E-state index contributed by atoms with van der Waals surface area (Å²) in [7, 11) is 0. The van der Waals surface area contributed by atoms with Gasteiger partial charge in [-0.1, -0.05) is 36.4 Å². The van der Waals surface area contributed by atoms with Crippen molar-refractivity contribution in [2.24, 2.45) is 0 Å². The van der Waals surface area contributed by atoms with Crippen LogP contribution in [-0.4, -0.2) is 45.4 Å². The molecule has 8 heteroatoms. The molecule has 142 valence electrons. The molecule has 1 unspecified atom stereocenters. The average molecular weight is 394 g/mol. The lowest BCUT2D eigenvalue weighted by Gasteiger charge is -2.25. The summed E-state index contributed by atoms with van der Waals surface area (Å²) in [6, 6.07) is 13.5. The molecule has 2 aromatic carbocycles. The Kier molecular flexibility index (Phi) is 5.48. The zero-order chi connectivity index (χ0) is 19.6. The van der Waals surface area contributed by atoms with Gasteiger partial charge in [0.25, 0.3) is 5.92 Å². The van der Waals surface area contributed by atoms with Crippen molar-refractivity contribution in [1.82, 2.24) is 0 Å². The lowest BCUT2D eigenvalue weighted by molar-refractivity contribution is -0.0807. The van der Waals surface area contributed by atoms with Gasteiger partial charge in [0, 0.05) is 0 Å². The Balaban J connectivity index is 1.86. The van der Waals surface area contributed by atoms with E-state index in [1.807, 2.05) is 0 Å². The Hall–Kier alpha value is -2.45. The van der Waals surface area contributed by atoms with Gasteiger partial charge in [0.05, 0.1) is 22.3 Å². The Morgan fingerprint density at radius 1 is 1.07 bits per heavy atom. The summed E-state index contributed by atoms with van der Waals surface area (Å²) in [5.41, 5.74) is -2.11. The molecule has 0 aliphatic carbocycles. The highest BCUT2D eigenvalue weighted by Gasteiger charge is 2.59. The minimum atomic E-state index is -3.57. The number of carbonyl (C=O) groups is 2. The zero-order valence-electron chi connectivity index (χ0n) is 13.9. The van der Waals surface area contributed by atoms with Gasteiger partial charge in [0.2, 0.25) is 0 Å². The first-order chi connectivity index (χ1) is 12.8. The third kappa shape index (κ3) is 3.81. The minimum absolute atomic E-state index is 0.0974. The lowest BCUT2D eigenvalue weighted by Crippen LogP contribution is -2.35. The minimum Gasteiger partial charge on any atom is -0.478 e. The summed E-state index contributed by atoms with van der Waals surface area (Å²) >= 11 is 0.568. The van der Waals surface area contributed by atoms with Crippen molar-refractivity contribution >= 4 is 23.7 Å². The number of aliphatic hydroxyl groups excluding tert-OH is 1. The molecule has 1 aliphatic heterocycles. The number of benzene rings is 2. The van der Waals surface area contributed by atoms with Crippen LogP contribution < -0.4 is 0 Å². The molecule has 0 bridgehead atoms. The quantitative estimate of drug-likeness (QED) is 0.757. The molecular weight excluding hydrogens is 378 g/mol. The maximum Gasteiger partial charge on any atom is 0.338 e. The van der Waals surface area contributed by atoms with Crippen LogP contribution in [-0.2, 0) is 4.74 Å². The lowest BCUT2D eigenvalue weighted by atomic mass is 9.86. The van der Waals surface area contributed by atoms with Gasteiger partial charge in [-0.25, -0.2) is 18.4 Å². The molecule has 27 heavy (non-hydrogen) atoms. The molecule has 0 radical (unpaired) electrons. The number of carbonyl (C=O) groups excluding carboxylic acids is 1. The van der Waals surface area contributed by atoms with Gasteiger partial charge in [-0.3, -0.25) is 0 Å². The summed E-state index contributed by atoms with van der Waals surface area (Å²) in [5.74, 6) is -7.19. The van der Waals surface area contributed by atoms with Crippen LogP contribution >= 0.6 is 11.8 Å². The van der Waals surface area contributed by atoms with Crippen LogP contribution in [0.4, 0.5) is 8.78 Å². The van der Waals surface area contributed by atoms with Crippen LogP contribution in [0.2, 0.25) is 0 Å². The van der Waals surface area contributed by atoms with Gasteiger partial charge in [-0.2, -0.15) is 0 Å². The Morgan fingerprint density at radius 3 is 2.37 bits per heavy atom. The summed E-state index contributed by atoms with van der Waals surface area (Å²) < 4.78 is 34.4. The van der Waals surface area contributed by atoms with Gasteiger partial charge in [-0.05, 0) is 23.8 Å². The van der Waals surface area contributed by atoms with Crippen molar-refractivity contribution in [2.45, 2.75) is 22.5 Å². The fourth-order valence-corrected chi connectivity index (χ4v) is 4.35. The van der Waals surface area contributed by atoms with E-state index in [9.17, 15) is 28.6 Å². The fourth-order valence-electron chi connectivity index (χ4n) is 3.06. The first kappa shape index (κ1) is 19.3. The highest BCUT2D eigenvalue weighted by molar-refractivity contribution is 8.00. The van der Waals surface area contributed by atoms with E-state index in [2.05, 4.69) is 0 Å². The molecule has 3 rings (SSSR count). The molecule has 2 aromatic rings. The van der Waals surface area contributed by atoms with E-state index in [0.717, 1.165) is 0 Å². The van der Waals surface area contributed by atoms with E-state index in [1.165, 1.54) is 36.4 Å². The number of carboxylic acid groups (broad SMARTS) is 1. The van der Waals surface area contributed by atoms with Gasteiger partial charge >= 0.3 is 11.9 Å². The number of rotatable bonds is 5. The standard InChI is InChI=1S/C19H16F2O5S/c20-19(21)15(12-8-4-5-9-13(12)16(22)23)14(27-18(19)25)10-26-17(24)11-6-2-1-3-7-11/h1-9,14-15,18,25H,10H2,(H,22,23)/t14-,15-,18?/m0/s1. The molecule has 1 heterocycles. The molecule has 5 nitrogen and oxygen atoms in total. The van der Waals surface area contributed by atoms with Crippen molar-refractivity contribution in [1.29, 1.82) is 0 Å². The fraction of sp³-hybridized carbons (Fsp3) is 0.263. The summed E-state index contributed by atoms with van der Waals surface area (Å²) in [6.45, 7) is -0.385. The van der Waals surface area contributed by atoms with E-state index < -0.39 is 34.5 Å². The predicted molar refractivity (Wildman–Crippen MR) is 95.2 cm³/mol. The number of carboxylic acids is 1. The largest absolute Gasteiger partial charge is 0.478 e. The second kappa shape index (κ2) is 7.66. The van der Waals surface area contributed by atoms with E-state index in [4.69, 9.17) is 4.74 Å². The number of aromatic carboxylic acids is 1. The number of thioether (sulfide) groups is 1. The van der Waals surface area contributed by atoms with Crippen LogP contribution in [0.25, 0.3) is 0 Å². The third-order valence-corrected chi connectivity index (χ3v) is 5.66. The van der Waals surface area contributed by atoms with Gasteiger partial charge in [0.15, 0.2) is 5.44 Å². The van der Waals surface area contributed by atoms with Crippen molar-refractivity contribution in [3.8, 4) is 0 Å². The molecule has 0 amide bonds. The molecular formula is C19H16F2O5S. The smallest absolute Gasteiger partial charge is 0.338 e. The first-order valence-electron chi connectivity index (χ1n) is 8.08. The average Bonchev–Trinajstić information content (AvgIpc) is 2.89. The van der Waals surface area contributed by atoms with Crippen molar-refractivity contribution in [3.63, 3.8) is 0 Å². The maximum absolute atomic E-state index is 14.6. The van der Waals surface area contributed by atoms with Crippen molar-refractivity contribution in [2.75, 3.05) is 6.61 Å². The van der Waals surface area contributed by atoms with Crippen LogP contribution in [0.15, 0.2) is 54.6 Å². The Bertz CT molecular complexity index is 843. The van der Waals surface area contributed by atoms with Gasteiger partial charge in [0.1, 0.15) is 6.61 Å². The molecule has 1 saturated heterocycles. The van der Waals surface area contributed by atoms with E-state index >= 15 is 0 Å². The van der Waals surface area contributed by atoms with Crippen LogP contribution in [0.5, 0.6) is 0 Å². The second-order valence-corrected chi connectivity index (χ2v) is 7.36. The molecule has 1 aliphatic rings. The first-order valence-corrected chi connectivity index (χ1v) is 9.02. The SMILES string of the molecule is O=C(OC[C@@H]1SC(O)C(F)(F)[C@H]1c1ccccc1C(=O)O)c1ccccc1. The molecule has 1 fully saturated rings. The summed E-state index contributed by atoms with van der Waals surface area (Å²) in [6.07, 6.45) is 0. The topological polar surface area (TPSA) is 83.8 Å². The molecule has 3 atom stereocenters.